The fourth-order valence-corrected chi connectivity index (χ4v) is 1.59. The molecule has 0 aliphatic heterocycles. The highest BCUT2D eigenvalue weighted by molar-refractivity contribution is 5.45. The van der Waals surface area contributed by atoms with Crippen LogP contribution in [-0.4, -0.2) is 28.1 Å². The van der Waals surface area contributed by atoms with Crippen molar-refractivity contribution in [2.45, 2.75) is 13.0 Å². The van der Waals surface area contributed by atoms with Gasteiger partial charge in [-0.2, -0.15) is 5.10 Å². The molecule has 0 saturated carbocycles. The third-order valence-electron chi connectivity index (χ3n) is 2.48. The zero-order valence-electron chi connectivity index (χ0n) is 10.6. The number of aliphatic hydroxyl groups excluding tert-OH is 1. The first-order valence-corrected chi connectivity index (χ1v) is 6.19. The summed E-state index contributed by atoms with van der Waals surface area (Å²) in [5, 5.41) is 12.8. The summed E-state index contributed by atoms with van der Waals surface area (Å²) in [5.41, 5.74) is 0.844. The lowest BCUT2D eigenvalue weighted by atomic mass is 10.2. The molecule has 1 aromatic heterocycles. The molecule has 0 amide bonds. The quantitative estimate of drug-likeness (QED) is 0.828. The minimum absolute atomic E-state index is 0.0787. The van der Waals surface area contributed by atoms with Crippen LogP contribution in [0.15, 0.2) is 42.7 Å². The molecule has 0 unspecified atom stereocenters. The van der Waals surface area contributed by atoms with Crippen LogP contribution in [0.1, 0.15) is 12.0 Å². The minimum atomic E-state index is 0.0787. The summed E-state index contributed by atoms with van der Waals surface area (Å²) in [6.45, 7) is 1.32. The normalized spacial score (nSPS) is 9.74. The van der Waals surface area contributed by atoms with Crippen LogP contribution in [-0.2, 0) is 6.54 Å². The van der Waals surface area contributed by atoms with Gasteiger partial charge in [-0.05, 0) is 18.2 Å². The Balaban J connectivity index is 1.94. The summed E-state index contributed by atoms with van der Waals surface area (Å²) in [6.07, 6.45) is 4.12. The van der Waals surface area contributed by atoms with Crippen LogP contribution in [0.5, 0.6) is 5.75 Å². The molecule has 0 spiro atoms. The fourth-order valence-electron chi connectivity index (χ4n) is 1.59. The Morgan fingerprint density at radius 2 is 2.16 bits per heavy atom. The van der Waals surface area contributed by atoms with Crippen molar-refractivity contribution in [2.24, 2.45) is 0 Å². The molecule has 0 atom stereocenters. The lowest BCUT2D eigenvalue weighted by Crippen LogP contribution is -2.08. The van der Waals surface area contributed by atoms with Crippen LogP contribution >= 0.6 is 0 Å². The van der Waals surface area contributed by atoms with Crippen LogP contribution < -0.4 is 4.74 Å². The average Bonchev–Trinajstić information content (AvgIpc) is 2.94. The van der Waals surface area contributed by atoms with E-state index in [1.54, 1.807) is 6.20 Å². The molecule has 2 rings (SSSR count). The molecule has 2 aromatic rings. The van der Waals surface area contributed by atoms with Crippen molar-refractivity contribution in [3.05, 3.63) is 48.3 Å². The third kappa shape index (κ3) is 4.16. The van der Waals surface area contributed by atoms with Crippen molar-refractivity contribution in [2.75, 3.05) is 13.2 Å². The van der Waals surface area contributed by atoms with E-state index in [1.165, 1.54) is 0 Å². The molecule has 1 aromatic carbocycles. The molecule has 0 radical (unpaired) electrons. The zero-order valence-corrected chi connectivity index (χ0v) is 10.6. The SMILES string of the molecule is OCCC#Cc1ccccc1OCCn1cccn1. The highest BCUT2D eigenvalue weighted by Gasteiger charge is 2.00. The van der Waals surface area contributed by atoms with E-state index >= 15 is 0 Å². The molecule has 1 heterocycles. The maximum absolute atomic E-state index is 8.72. The number of para-hydroxylation sites is 1. The summed E-state index contributed by atoms with van der Waals surface area (Å²) in [6, 6.07) is 9.53. The van der Waals surface area contributed by atoms with Gasteiger partial charge in [-0.1, -0.05) is 24.0 Å². The summed E-state index contributed by atoms with van der Waals surface area (Å²) < 4.78 is 7.53. The largest absolute Gasteiger partial charge is 0.490 e. The van der Waals surface area contributed by atoms with Crippen molar-refractivity contribution in [1.82, 2.24) is 9.78 Å². The van der Waals surface area contributed by atoms with Crippen molar-refractivity contribution in [3.63, 3.8) is 0 Å². The molecule has 0 saturated heterocycles. The summed E-state index contributed by atoms with van der Waals surface area (Å²) in [7, 11) is 0. The predicted molar refractivity (Wildman–Crippen MR) is 72.7 cm³/mol. The van der Waals surface area contributed by atoms with Crippen LogP contribution in [0.2, 0.25) is 0 Å². The van der Waals surface area contributed by atoms with Gasteiger partial charge in [-0.25, -0.2) is 0 Å². The first-order chi connectivity index (χ1) is 9.40. The molecular weight excluding hydrogens is 240 g/mol. The Hall–Kier alpha value is -2.25. The van der Waals surface area contributed by atoms with Gasteiger partial charge < -0.3 is 9.84 Å². The molecule has 98 valence electrons. The molecule has 0 bridgehead atoms. The van der Waals surface area contributed by atoms with E-state index in [4.69, 9.17) is 9.84 Å². The second kappa shape index (κ2) is 7.24. The lowest BCUT2D eigenvalue weighted by Gasteiger charge is -2.08. The Bertz CT molecular complexity index is 553. The van der Waals surface area contributed by atoms with Gasteiger partial charge in [0, 0.05) is 18.8 Å². The van der Waals surface area contributed by atoms with Crippen molar-refractivity contribution >= 4 is 0 Å². The number of hydrogen-bond donors (Lipinski definition) is 1. The van der Waals surface area contributed by atoms with Gasteiger partial charge in [-0.15, -0.1) is 0 Å². The standard InChI is InChI=1S/C15H16N2O2/c18-12-4-3-7-14-6-1-2-8-15(14)19-13-11-17-10-5-9-16-17/h1-2,5-6,8-10,18H,4,11-13H2. The Labute approximate surface area is 112 Å². The van der Waals surface area contributed by atoms with Crippen molar-refractivity contribution < 1.29 is 9.84 Å². The fraction of sp³-hybridized carbons (Fsp3) is 0.267. The van der Waals surface area contributed by atoms with E-state index < -0.39 is 0 Å². The monoisotopic (exact) mass is 256 g/mol. The Morgan fingerprint density at radius 1 is 1.26 bits per heavy atom. The van der Waals surface area contributed by atoms with E-state index in [-0.39, 0.29) is 6.61 Å². The van der Waals surface area contributed by atoms with Crippen LogP contribution in [0.3, 0.4) is 0 Å². The van der Waals surface area contributed by atoms with E-state index in [1.807, 2.05) is 41.2 Å². The summed E-state index contributed by atoms with van der Waals surface area (Å²) >= 11 is 0. The van der Waals surface area contributed by atoms with E-state index in [0.717, 1.165) is 11.3 Å². The van der Waals surface area contributed by atoms with E-state index in [0.29, 0.717) is 19.6 Å². The smallest absolute Gasteiger partial charge is 0.135 e. The van der Waals surface area contributed by atoms with Gasteiger partial charge in [0.15, 0.2) is 0 Å². The number of aliphatic hydroxyl groups is 1. The van der Waals surface area contributed by atoms with Gasteiger partial charge in [0.05, 0.1) is 18.7 Å². The molecule has 0 aliphatic carbocycles. The number of rotatable bonds is 5. The first kappa shape index (κ1) is 13.2. The third-order valence-corrected chi connectivity index (χ3v) is 2.48. The molecule has 0 fully saturated rings. The maximum atomic E-state index is 8.72. The first-order valence-electron chi connectivity index (χ1n) is 6.19. The zero-order chi connectivity index (χ0) is 13.3. The van der Waals surface area contributed by atoms with Gasteiger partial charge in [0.1, 0.15) is 12.4 Å². The van der Waals surface area contributed by atoms with Crippen molar-refractivity contribution in [3.8, 4) is 17.6 Å². The second-order valence-electron chi connectivity index (χ2n) is 3.89. The molecule has 1 N–H and O–H groups in total. The number of benzene rings is 1. The van der Waals surface area contributed by atoms with Crippen LogP contribution in [0, 0.1) is 11.8 Å². The van der Waals surface area contributed by atoms with Crippen LogP contribution in [0.4, 0.5) is 0 Å². The predicted octanol–water partition coefficient (Wildman–Crippen LogP) is 1.70. The van der Waals surface area contributed by atoms with Gasteiger partial charge in [0.2, 0.25) is 0 Å². The van der Waals surface area contributed by atoms with Gasteiger partial charge in [0.25, 0.3) is 0 Å². The highest BCUT2D eigenvalue weighted by atomic mass is 16.5. The molecular formula is C15H16N2O2. The maximum Gasteiger partial charge on any atom is 0.135 e. The van der Waals surface area contributed by atoms with Gasteiger partial charge in [-0.3, -0.25) is 4.68 Å². The topological polar surface area (TPSA) is 47.3 Å². The number of aromatic nitrogens is 2. The molecule has 4 nitrogen and oxygen atoms in total. The summed E-state index contributed by atoms with van der Waals surface area (Å²) in [5.74, 6) is 6.66. The average molecular weight is 256 g/mol. The number of nitrogens with zero attached hydrogens (tertiary/aromatic N) is 2. The summed E-state index contributed by atoms with van der Waals surface area (Å²) in [4.78, 5) is 0. The molecule has 19 heavy (non-hydrogen) atoms. The molecule has 4 heteroatoms. The Morgan fingerprint density at radius 3 is 2.95 bits per heavy atom. The Kier molecular flexibility index (Phi) is 5.03. The number of ether oxygens (including phenoxy) is 1. The second-order valence-corrected chi connectivity index (χ2v) is 3.89. The molecule has 0 aliphatic rings. The number of hydrogen-bond acceptors (Lipinski definition) is 3. The lowest BCUT2D eigenvalue weighted by molar-refractivity contribution is 0.290. The minimum Gasteiger partial charge on any atom is -0.490 e. The van der Waals surface area contributed by atoms with Gasteiger partial charge >= 0.3 is 0 Å². The van der Waals surface area contributed by atoms with Crippen LogP contribution in [0.25, 0.3) is 0 Å². The van der Waals surface area contributed by atoms with Crippen molar-refractivity contribution in [1.29, 1.82) is 0 Å². The van der Waals surface area contributed by atoms with E-state index in [2.05, 4.69) is 16.9 Å². The van der Waals surface area contributed by atoms with E-state index in [9.17, 15) is 0 Å². The highest BCUT2D eigenvalue weighted by Crippen LogP contribution is 2.16.